The van der Waals surface area contributed by atoms with Crippen molar-refractivity contribution >= 4 is 32.6 Å². The van der Waals surface area contributed by atoms with Crippen LogP contribution in [-0.4, -0.2) is 4.57 Å². The minimum absolute atomic E-state index is 0.458. The van der Waals surface area contributed by atoms with Gasteiger partial charge in [0.05, 0.1) is 22.1 Å². The third-order valence-corrected chi connectivity index (χ3v) is 11.0. The van der Waals surface area contributed by atoms with Crippen molar-refractivity contribution in [3.8, 4) is 39.1 Å². The number of hydrogen-bond donors (Lipinski definition) is 0. The molecule has 1 nitrogen and oxygen atoms in total. The summed E-state index contributed by atoms with van der Waals surface area (Å²) < 4.78 is 2.51. The van der Waals surface area contributed by atoms with Crippen LogP contribution in [0.1, 0.15) is 22.3 Å². The summed E-state index contributed by atoms with van der Waals surface area (Å²) in [4.78, 5) is 0. The molecular weight excluding hydrogens is 579 g/mol. The predicted molar refractivity (Wildman–Crippen MR) is 200 cm³/mol. The van der Waals surface area contributed by atoms with Gasteiger partial charge in [0, 0.05) is 16.2 Å². The highest BCUT2D eigenvalue weighted by Crippen LogP contribution is 2.64. The number of aromatic nitrogens is 1. The van der Waals surface area contributed by atoms with Crippen molar-refractivity contribution in [2.45, 2.75) is 5.41 Å². The van der Waals surface area contributed by atoms with Crippen molar-refractivity contribution in [2.24, 2.45) is 0 Å². The Bertz CT molecular complexity index is 2680. The Kier molecular flexibility index (Phi) is 5.10. The molecular formula is C47H29N. The summed E-state index contributed by atoms with van der Waals surface area (Å²) in [5.41, 5.74) is 16.5. The van der Waals surface area contributed by atoms with E-state index < -0.39 is 5.41 Å². The summed E-state index contributed by atoms with van der Waals surface area (Å²) in [6.45, 7) is 0. The van der Waals surface area contributed by atoms with Gasteiger partial charge < -0.3 is 4.57 Å². The Morgan fingerprint density at radius 2 is 0.875 bits per heavy atom. The number of para-hydroxylation sites is 2. The number of rotatable bonds is 2. The van der Waals surface area contributed by atoms with E-state index in [-0.39, 0.29) is 0 Å². The van der Waals surface area contributed by atoms with E-state index in [2.05, 4.69) is 180 Å². The monoisotopic (exact) mass is 607 g/mol. The quantitative estimate of drug-likeness (QED) is 0.184. The Hall–Kier alpha value is -6.18. The third kappa shape index (κ3) is 3.16. The molecule has 1 heterocycles. The highest BCUT2D eigenvalue weighted by molar-refractivity contribution is 6.13. The number of hydrogen-bond acceptors (Lipinski definition) is 0. The highest BCUT2D eigenvalue weighted by atomic mass is 15.0. The van der Waals surface area contributed by atoms with E-state index in [0.717, 1.165) is 0 Å². The van der Waals surface area contributed by atoms with Gasteiger partial charge in [-0.2, -0.15) is 0 Å². The molecule has 0 unspecified atom stereocenters. The zero-order valence-electron chi connectivity index (χ0n) is 26.2. The molecule has 0 fully saturated rings. The molecule has 0 N–H and O–H groups in total. The molecule has 0 saturated heterocycles. The average Bonchev–Trinajstić information content (AvgIpc) is 3.76. The minimum Gasteiger partial charge on any atom is -0.309 e. The van der Waals surface area contributed by atoms with E-state index in [1.54, 1.807) is 0 Å². The maximum absolute atomic E-state index is 2.54. The first kappa shape index (κ1) is 25.9. The van der Waals surface area contributed by atoms with Crippen LogP contribution in [-0.2, 0) is 5.41 Å². The Balaban J connectivity index is 1.34. The molecule has 0 saturated carbocycles. The zero-order valence-corrected chi connectivity index (χ0v) is 26.2. The van der Waals surface area contributed by atoms with Crippen molar-refractivity contribution in [1.82, 2.24) is 4.57 Å². The molecule has 0 aliphatic heterocycles. The predicted octanol–water partition coefficient (Wildman–Crippen LogP) is 11.9. The molecule has 1 heteroatoms. The molecule has 0 amide bonds. The molecule has 48 heavy (non-hydrogen) atoms. The van der Waals surface area contributed by atoms with Crippen molar-refractivity contribution in [3.63, 3.8) is 0 Å². The molecule has 222 valence electrons. The number of nitrogens with zero attached hydrogens (tertiary/aromatic N) is 1. The van der Waals surface area contributed by atoms with E-state index in [1.807, 2.05) is 0 Å². The number of fused-ring (bicyclic) bond motifs is 15. The van der Waals surface area contributed by atoms with E-state index in [1.165, 1.54) is 93.9 Å². The average molecular weight is 608 g/mol. The Morgan fingerprint density at radius 1 is 0.333 bits per heavy atom. The molecule has 2 aliphatic carbocycles. The van der Waals surface area contributed by atoms with Gasteiger partial charge in [0.2, 0.25) is 0 Å². The maximum Gasteiger partial charge on any atom is 0.0726 e. The fourth-order valence-corrected chi connectivity index (χ4v) is 9.15. The second-order valence-corrected chi connectivity index (χ2v) is 13.2. The molecule has 0 radical (unpaired) electrons. The summed E-state index contributed by atoms with van der Waals surface area (Å²) in [6.07, 6.45) is 0. The second-order valence-electron chi connectivity index (χ2n) is 13.2. The summed E-state index contributed by atoms with van der Waals surface area (Å²) in [6, 6.07) is 65.5. The standard InChI is InChI=1S/C47H29N/c1-2-14-30(15-3-1)31-26-27-38-41(28-31)47(39-22-10-6-16-32(39)33-17-7-11-23-40(33)47)42-29-45(36-20-4-5-21-37(36)46(38)42)48-43-24-12-8-18-34(43)35-19-9-13-25-44(35)48/h1-29H. The van der Waals surface area contributed by atoms with E-state index >= 15 is 0 Å². The van der Waals surface area contributed by atoms with Crippen LogP contribution in [0.3, 0.4) is 0 Å². The van der Waals surface area contributed by atoms with Gasteiger partial charge in [0.1, 0.15) is 0 Å². The summed E-state index contributed by atoms with van der Waals surface area (Å²) in [5, 5.41) is 5.11. The topological polar surface area (TPSA) is 4.93 Å². The first-order valence-corrected chi connectivity index (χ1v) is 16.8. The van der Waals surface area contributed by atoms with Crippen LogP contribution in [0.4, 0.5) is 0 Å². The molecule has 0 atom stereocenters. The molecule has 11 rings (SSSR count). The lowest BCUT2D eigenvalue weighted by molar-refractivity contribution is 0.793. The van der Waals surface area contributed by atoms with Gasteiger partial charge in [0.15, 0.2) is 0 Å². The molecule has 1 aromatic heterocycles. The lowest BCUT2D eigenvalue weighted by Crippen LogP contribution is -2.26. The summed E-state index contributed by atoms with van der Waals surface area (Å²) in [7, 11) is 0. The van der Waals surface area contributed by atoms with Crippen LogP contribution in [0.2, 0.25) is 0 Å². The first-order valence-electron chi connectivity index (χ1n) is 16.8. The SMILES string of the molecule is c1ccc(-c2ccc3c(c2)C2(c4ccccc4-c4ccccc42)c2cc(-n4c5ccccc5c5ccccc54)c4ccccc4c2-3)cc1. The van der Waals surface area contributed by atoms with Gasteiger partial charge in [-0.1, -0.05) is 152 Å². The van der Waals surface area contributed by atoms with Gasteiger partial charge in [-0.3, -0.25) is 0 Å². The van der Waals surface area contributed by atoms with Gasteiger partial charge >= 0.3 is 0 Å². The van der Waals surface area contributed by atoms with E-state index in [9.17, 15) is 0 Å². The molecule has 2 aliphatic rings. The fraction of sp³-hybridized carbons (Fsp3) is 0.0213. The maximum atomic E-state index is 2.54. The van der Waals surface area contributed by atoms with Gasteiger partial charge in [-0.25, -0.2) is 0 Å². The van der Waals surface area contributed by atoms with Crippen LogP contribution >= 0.6 is 0 Å². The normalized spacial score (nSPS) is 13.6. The number of benzene rings is 8. The summed E-state index contributed by atoms with van der Waals surface area (Å²) in [5.74, 6) is 0. The van der Waals surface area contributed by atoms with Crippen LogP contribution in [0.15, 0.2) is 176 Å². The van der Waals surface area contributed by atoms with Crippen molar-refractivity contribution in [1.29, 1.82) is 0 Å². The second kappa shape index (κ2) is 9.44. The molecule has 0 bridgehead atoms. The highest BCUT2D eigenvalue weighted by Gasteiger charge is 2.52. The van der Waals surface area contributed by atoms with Gasteiger partial charge in [-0.05, 0) is 85.3 Å². The smallest absolute Gasteiger partial charge is 0.0726 e. The Morgan fingerprint density at radius 3 is 1.54 bits per heavy atom. The minimum atomic E-state index is -0.458. The van der Waals surface area contributed by atoms with E-state index in [4.69, 9.17) is 0 Å². The van der Waals surface area contributed by atoms with Crippen molar-refractivity contribution in [3.05, 3.63) is 198 Å². The summed E-state index contributed by atoms with van der Waals surface area (Å²) >= 11 is 0. The van der Waals surface area contributed by atoms with Crippen LogP contribution in [0, 0.1) is 0 Å². The van der Waals surface area contributed by atoms with Crippen molar-refractivity contribution in [2.75, 3.05) is 0 Å². The van der Waals surface area contributed by atoms with Crippen LogP contribution in [0.25, 0.3) is 71.6 Å². The van der Waals surface area contributed by atoms with Crippen molar-refractivity contribution < 1.29 is 0 Å². The van der Waals surface area contributed by atoms with Crippen LogP contribution < -0.4 is 0 Å². The molecule has 8 aromatic carbocycles. The third-order valence-electron chi connectivity index (χ3n) is 11.0. The Labute approximate surface area is 279 Å². The lowest BCUT2D eigenvalue weighted by atomic mass is 9.70. The van der Waals surface area contributed by atoms with Gasteiger partial charge in [-0.15, -0.1) is 0 Å². The van der Waals surface area contributed by atoms with E-state index in [0.29, 0.717) is 0 Å². The van der Waals surface area contributed by atoms with Crippen LogP contribution in [0.5, 0.6) is 0 Å². The largest absolute Gasteiger partial charge is 0.309 e. The van der Waals surface area contributed by atoms with Gasteiger partial charge in [0.25, 0.3) is 0 Å². The lowest BCUT2D eigenvalue weighted by Gasteiger charge is -2.31. The fourth-order valence-electron chi connectivity index (χ4n) is 9.15. The molecule has 9 aromatic rings. The molecule has 1 spiro atoms. The first-order chi connectivity index (χ1) is 23.8. The zero-order chi connectivity index (χ0) is 31.4.